The Balaban J connectivity index is 3.60. The van der Waals surface area contributed by atoms with E-state index >= 15 is 0 Å². The van der Waals surface area contributed by atoms with Gasteiger partial charge in [-0.2, -0.15) is 8.78 Å². The number of halogens is 5. The first-order chi connectivity index (χ1) is 13.5. The number of rotatable bonds is 7. The van der Waals surface area contributed by atoms with E-state index in [9.17, 15) is 18.4 Å². The van der Waals surface area contributed by atoms with Crippen molar-refractivity contribution in [3.05, 3.63) is 46.5 Å². The summed E-state index contributed by atoms with van der Waals surface area (Å²) in [6.07, 6.45) is 0.862. The lowest BCUT2D eigenvalue weighted by Crippen LogP contribution is -2.56. The molecule has 1 unspecified atom stereocenters. The number of ether oxygens (including phenoxy) is 1. The zero-order valence-corrected chi connectivity index (χ0v) is 19.7. The summed E-state index contributed by atoms with van der Waals surface area (Å²) in [5.74, 6) is -1.62. The lowest BCUT2D eigenvalue weighted by molar-refractivity contribution is -0.147. The SMILES string of the molecule is C=CCC(CN(C)C(=O)C(F)(F)Cl)(c1ccc(Cl)c(Cl)c1)N(C)C(=O)OC(C)(C)C. The Hall–Kier alpha value is -1.57. The van der Waals surface area contributed by atoms with Gasteiger partial charge in [-0.15, -0.1) is 6.58 Å². The average Bonchev–Trinajstić information content (AvgIpc) is 2.59. The topological polar surface area (TPSA) is 49.9 Å². The second-order valence-electron chi connectivity index (χ2n) is 7.85. The zero-order valence-electron chi connectivity index (χ0n) is 17.4. The quantitative estimate of drug-likeness (QED) is 0.356. The first-order valence-electron chi connectivity index (χ1n) is 8.90. The molecule has 0 spiro atoms. The van der Waals surface area contributed by atoms with Gasteiger partial charge in [0.1, 0.15) is 5.60 Å². The van der Waals surface area contributed by atoms with Crippen molar-refractivity contribution >= 4 is 46.8 Å². The summed E-state index contributed by atoms with van der Waals surface area (Å²) in [6.45, 7) is 8.45. The van der Waals surface area contributed by atoms with Gasteiger partial charge in [0.05, 0.1) is 15.6 Å². The summed E-state index contributed by atoms with van der Waals surface area (Å²) in [5, 5.41) is -3.64. The summed E-state index contributed by atoms with van der Waals surface area (Å²) in [4.78, 5) is 26.9. The van der Waals surface area contributed by atoms with Gasteiger partial charge in [0.25, 0.3) is 0 Å². The second kappa shape index (κ2) is 9.71. The highest BCUT2D eigenvalue weighted by Gasteiger charge is 2.46. The van der Waals surface area contributed by atoms with Gasteiger partial charge in [0.15, 0.2) is 0 Å². The molecule has 2 amide bonds. The number of carbonyl (C=O) groups excluding carboxylic acids is 2. The first-order valence-corrected chi connectivity index (χ1v) is 10.0. The van der Waals surface area contributed by atoms with Crippen LogP contribution in [0, 0.1) is 0 Å². The Morgan fingerprint density at radius 1 is 1.17 bits per heavy atom. The largest absolute Gasteiger partial charge is 0.444 e. The molecule has 5 nitrogen and oxygen atoms in total. The van der Waals surface area contributed by atoms with Crippen LogP contribution >= 0.6 is 34.8 Å². The van der Waals surface area contributed by atoms with Crippen LogP contribution in [0.5, 0.6) is 0 Å². The Bertz CT molecular complexity index is 809. The lowest BCUT2D eigenvalue weighted by atomic mass is 9.84. The number of amides is 2. The van der Waals surface area contributed by atoms with E-state index < -0.39 is 28.5 Å². The van der Waals surface area contributed by atoms with Crippen LogP contribution in [0.4, 0.5) is 13.6 Å². The minimum atomic E-state index is -4.10. The molecule has 168 valence electrons. The molecule has 0 saturated carbocycles. The number of benzene rings is 1. The van der Waals surface area contributed by atoms with E-state index in [0.717, 1.165) is 11.9 Å². The van der Waals surface area contributed by atoms with Gasteiger partial charge in [0, 0.05) is 20.6 Å². The van der Waals surface area contributed by atoms with Gasteiger partial charge in [-0.05, 0) is 56.5 Å². The smallest absolute Gasteiger partial charge is 0.410 e. The third-order valence-electron chi connectivity index (χ3n) is 4.34. The fourth-order valence-electron chi connectivity index (χ4n) is 2.92. The molecule has 30 heavy (non-hydrogen) atoms. The molecular formula is C20H25Cl3F2N2O3. The number of likely N-dealkylation sites (N-methyl/N-ethyl adjacent to an activating group) is 2. The summed E-state index contributed by atoms with van der Waals surface area (Å²) in [6, 6.07) is 4.61. The van der Waals surface area contributed by atoms with E-state index in [1.807, 2.05) is 0 Å². The van der Waals surface area contributed by atoms with Crippen molar-refractivity contribution in [1.29, 1.82) is 0 Å². The molecule has 0 aromatic heterocycles. The highest BCUT2D eigenvalue weighted by molar-refractivity contribution is 6.42. The molecule has 1 rings (SSSR count). The molecule has 0 N–H and O–H groups in total. The third-order valence-corrected chi connectivity index (χ3v) is 5.24. The van der Waals surface area contributed by atoms with Crippen LogP contribution in [0.15, 0.2) is 30.9 Å². The molecule has 1 aromatic carbocycles. The Kier molecular flexibility index (Phi) is 8.56. The standard InChI is InChI=1S/C20H25Cl3F2N2O3/c1-7-10-19(12-26(5)16(28)20(23,24)25,13-8-9-14(21)15(22)11-13)27(6)17(29)30-18(2,3)4/h7-9,11H,1,10,12H2,2-6H3. The fraction of sp³-hybridized carbons (Fsp3) is 0.500. The van der Waals surface area contributed by atoms with Crippen LogP contribution in [0.3, 0.4) is 0 Å². The summed E-state index contributed by atoms with van der Waals surface area (Å²) >= 11 is 17.1. The second-order valence-corrected chi connectivity index (χ2v) is 9.14. The van der Waals surface area contributed by atoms with E-state index in [1.165, 1.54) is 30.2 Å². The Morgan fingerprint density at radius 3 is 2.17 bits per heavy atom. The minimum absolute atomic E-state index is 0.0895. The molecule has 0 aliphatic rings. The average molecular weight is 486 g/mol. The Morgan fingerprint density at radius 2 is 1.73 bits per heavy atom. The van der Waals surface area contributed by atoms with Crippen molar-refractivity contribution in [1.82, 2.24) is 9.80 Å². The number of carbonyl (C=O) groups is 2. The number of nitrogens with zero attached hydrogens (tertiary/aromatic N) is 2. The molecule has 0 aliphatic carbocycles. The molecular weight excluding hydrogens is 461 g/mol. The highest BCUT2D eigenvalue weighted by atomic mass is 35.5. The number of alkyl halides is 3. The van der Waals surface area contributed by atoms with Crippen molar-refractivity contribution < 1.29 is 23.1 Å². The summed E-state index contributed by atoms with van der Waals surface area (Å²) in [5.41, 5.74) is -1.71. The predicted molar refractivity (Wildman–Crippen MR) is 115 cm³/mol. The maximum absolute atomic E-state index is 13.4. The molecule has 0 radical (unpaired) electrons. The first kappa shape index (κ1) is 26.5. The van der Waals surface area contributed by atoms with Crippen LogP contribution in [0.2, 0.25) is 10.0 Å². The molecule has 1 aromatic rings. The molecule has 10 heteroatoms. The van der Waals surface area contributed by atoms with Gasteiger partial charge in [0.2, 0.25) is 0 Å². The summed E-state index contributed by atoms with van der Waals surface area (Å²) < 4.78 is 32.3. The van der Waals surface area contributed by atoms with Gasteiger partial charge in [-0.25, -0.2) is 4.79 Å². The fourth-order valence-corrected chi connectivity index (χ4v) is 3.36. The van der Waals surface area contributed by atoms with E-state index in [1.54, 1.807) is 26.8 Å². The van der Waals surface area contributed by atoms with Crippen molar-refractivity contribution in [3.8, 4) is 0 Å². The lowest BCUT2D eigenvalue weighted by Gasteiger charge is -2.44. The predicted octanol–water partition coefficient (Wildman–Crippen LogP) is 5.92. The van der Waals surface area contributed by atoms with Crippen LogP contribution in [0.25, 0.3) is 0 Å². The zero-order chi connectivity index (χ0) is 23.5. The maximum Gasteiger partial charge on any atom is 0.410 e. The van der Waals surface area contributed by atoms with Gasteiger partial charge in [-0.1, -0.05) is 35.3 Å². The van der Waals surface area contributed by atoms with Crippen LogP contribution in [0.1, 0.15) is 32.8 Å². The normalized spacial score (nSPS) is 13.9. The van der Waals surface area contributed by atoms with E-state index in [-0.39, 0.29) is 23.0 Å². The maximum atomic E-state index is 13.4. The number of hydrogen-bond acceptors (Lipinski definition) is 3. The van der Waals surface area contributed by atoms with Crippen LogP contribution in [-0.4, -0.2) is 53.4 Å². The van der Waals surface area contributed by atoms with Crippen molar-refractivity contribution in [3.63, 3.8) is 0 Å². The monoisotopic (exact) mass is 484 g/mol. The Labute approximate surface area is 190 Å². The van der Waals surface area contributed by atoms with Crippen molar-refractivity contribution in [2.24, 2.45) is 0 Å². The highest BCUT2D eigenvalue weighted by Crippen LogP contribution is 2.38. The van der Waals surface area contributed by atoms with Gasteiger partial charge < -0.3 is 9.64 Å². The molecule has 0 aliphatic heterocycles. The number of hydrogen-bond donors (Lipinski definition) is 0. The third kappa shape index (κ3) is 6.46. The summed E-state index contributed by atoms with van der Waals surface area (Å²) in [7, 11) is 2.61. The van der Waals surface area contributed by atoms with Gasteiger partial charge >= 0.3 is 17.4 Å². The van der Waals surface area contributed by atoms with E-state index in [4.69, 9.17) is 39.5 Å². The van der Waals surface area contributed by atoms with Crippen LogP contribution in [-0.2, 0) is 15.1 Å². The van der Waals surface area contributed by atoms with Gasteiger partial charge in [-0.3, -0.25) is 9.69 Å². The molecule has 1 atom stereocenters. The molecule has 0 bridgehead atoms. The van der Waals surface area contributed by atoms with Crippen molar-refractivity contribution in [2.45, 2.75) is 43.7 Å². The van der Waals surface area contributed by atoms with E-state index in [2.05, 4.69) is 6.58 Å². The van der Waals surface area contributed by atoms with Crippen molar-refractivity contribution in [2.75, 3.05) is 20.6 Å². The molecule has 0 heterocycles. The van der Waals surface area contributed by atoms with Crippen LogP contribution < -0.4 is 0 Å². The minimum Gasteiger partial charge on any atom is -0.444 e. The molecule has 0 saturated heterocycles. The van der Waals surface area contributed by atoms with E-state index in [0.29, 0.717) is 5.56 Å². The molecule has 0 fully saturated rings.